The molecule has 0 saturated carbocycles. The summed E-state index contributed by atoms with van der Waals surface area (Å²) in [5.74, 6) is 0.806. The number of phenols is 1. The van der Waals surface area contributed by atoms with Crippen LogP contribution in [-0.4, -0.2) is 37.3 Å². The molecule has 4 aromatic rings. The van der Waals surface area contributed by atoms with Crippen molar-refractivity contribution in [3.05, 3.63) is 82.3 Å². The summed E-state index contributed by atoms with van der Waals surface area (Å²) in [6.45, 7) is 2.32. The Hall–Kier alpha value is -2.71. The highest BCUT2D eigenvalue weighted by molar-refractivity contribution is 9.10. The molecule has 0 aliphatic rings. The van der Waals surface area contributed by atoms with Gasteiger partial charge in [0.05, 0.1) is 6.61 Å². The lowest BCUT2D eigenvalue weighted by molar-refractivity contribution is 0.0976. The molecule has 0 amide bonds. The molecule has 3 aromatic carbocycles. The van der Waals surface area contributed by atoms with Gasteiger partial charge in [-0.2, -0.15) is 0 Å². The molecule has 4 rings (SSSR count). The molecule has 5 nitrogen and oxygen atoms in total. The van der Waals surface area contributed by atoms with Crippen molar-refractivity contribution in [3.63, 3.8) is 0 Å². The van der Waals surface area contributed by atoms with Crippen LogP contribution in [0.25, 0.3) is 20.5 Å². The van der Waals surface area contributed by atoms with Crippen molar-refractivity contribution in [1.29, 1.82) is 0 Å². The third kappa shape index (κ3) is 5.85. The number of nitrogens with two attached hydrogens (primary N) is 1. The molecular formula is C27H26BrNO4S. The quantitative estimate of drug-likeness (QED) is 0.170. The predicted molar refractivity (Wildman–Crippen MR) is 141 cm³/mol. The number of carbonyl (C=O) groups is 1. The number of ketones is 1. The average molecular weight is 540 g/mol. The number of benzene rings is 3. The lowest BCUT2D eigenvalue weighted by atomic mass is 9.97. The highest BCUT2D eigenvalue weighted by Crippen LogP contribution is 2.41. The number of thiophene rings is 1. The van der Waals surface area contributed by atoms with E-state index < -0.39 is 0 Å². The van der Waals surface area contributed by atoms with Crippen LogP contribution in [0.3, 0.4) is 0 Å². The molecule has 1 heterocycles. The zero-order valence-electron chi connectivity index (χ0n) is 18.6. The van der Waals surface area contributed by atoms with Gasteiger partial charge in [-0.3, -0.25) is 4.79 Å². The van der Waals surface area contributed by atoms with E-state index in [-0.39, 0.29) is 11.5 Å². The summed E-state index contributed by atoms with van der Waals surface area (Å²) >= 11 is 4.97. The second-order valence-electron chi connectivity index (χ2n) is 7.80. The molecule has 3 N–H and O–H groups in total. The first-order valence-corrected chi connectivity index (χ1v) is 12.7. The summed E-state index contributed by atoms with van der Waals surface area (Å²) in [6, 6.07) is 20.2. The third-order valence-corrected chi connectivity index (χ3v) is 7.09. The Morgan fingerprint density at radius 2 is 1.71 bits per heavy atom. The molecule has 0 radical (unpaired) electrons. The summed E-state index contributed by atoms with van der Waals surface area (Å²) in [5.41, 5.74) is 7.65. The average Bonchev–Trinajstić information content (AvgIpc) is 3.22. The number of fused-ring (bicyclic) bond motifs is 1. The van der Waals surface area contributed by atoms with E-state index in [0.29, 0.717) is 43.2 Å². The van der Waals surface area contributed by atoms with Gasteiger partial charge in [-0.15, -0.1) is 11.3 Å². The van der Waals surface area contributed by atoms with Gasteiger partial charge in [0.2, 0.25) is 0 Å². The second-order valence-corrected chi connectivity index (χ2v) is 9.77. The number of unbranched alkanes of at least 4 members (excludes halogenated alkanes) is 1. The minimum absolute atomic E-state index is 0.0651. The summed E-state index contributed by atoms with van der Waals surface area (Å²) in [7, 11) is 0. The first-order valence-electron chi connectivity index (χ1n) is 11.1. The van der Waals surface area contributed by atoms with E-state index in [2.05, 4.69) is 15.9 Å². The molecule has 0 spiro atoms. The van der Waals surface area contributed by atoms with E-state index in [1.54, 1.807) is 36.4 Å². The molecule has 7 heteroatoms. The van der Waals surface area contributed by atoms with Gasteiger partial charge in [0.25, 0.3) is 0 Å². The number of phenolic OH excluding ortho intramolecular Hbond substituents is 1. The summed E-state index contributed by atoms with van der Waals surface area (Å²) in [6.07, 6.45) is 1.91. The Kier molecular flexibility index (Phi) is 8.34. The van der Waals surface area contributed by atoms with E-state index in [1.807, 2.05) is 30.3 Å². The van der Waals surface area contributed by atoms with Gasteiger partial charge < -0.3 is 20.3 Å². The Morgan fingerprint density at radius 1 is 0.941 bits per heavy atom. The molecule has 0 atom stereocenters. The fourth-order valence-electron chi connectivity index (χ4n) is 3.63. The number of hydrogen-bond donors (Lipinski definition) is 2. The van der Waals surface area contributed by atoms with Crippen LogP contribution in [0.2, 0.25) is 0 Å². The van der Waals surface area contributed by atoms with Crippen LogP contribution in [0.5, 0.6) is 11.5 Å². The highest BCUT2D eigenvalue weighted by Gasteiger charge is 2.22. The lowest BCUT2D eigenvalue weighted by Gasteiger charge is -2.09. The van der Waals surface area contributed by atoms with Crippen molar-refractivity contribution in [3.8, 4) is 21.9 Å². The highest BCUT2D eigenvalue weighted by atomic mass is 79.9. The van der Waals surface area contributed by atoms with Gasteiger partial charge in [0, 0.05) is 37.2 Å². The minimum atomic E-state index is -0.0651. The summed E-state index contributed by atoms with van der Waals surface area (Å²) < 4.78 is 13.1. The monoisotopic (exact) mass is 539 g/mol. The number of rotatable bonds is 11. The van der Waals surface area contributed by atoms with Crippen molar-refractivity contribution >= 4 is 43.1 Å². The number of aromatic hydroxyl groups is 1. The van der Waals surface area contributed by atoms with Crippen LogP contribution in [0.1, 0.15) is 28.8 Å². The van der Waals surface area contributed by atoms with Crippen LogP contribution < -0.4 is 10.5 Å². The molecule has 34 heavy (non-hydrogen) atoms. The predicted octanol–water partition coefficient (Wildman–Crippen LogP) is 6.40. The molecule has 1 aromatic heterocycles. The van der Waals surface area contributed by atoms with E-state index >= 15 is 0 Å². The Morgan fingerprint density at radius 3 is 2.44 bits per heavy atom. The van der Waals surface area contributed by atoms with Crippen molar-refractivity contribution in [2.45, 2.75) is 12.8 Å². The fourth-order valence-corrected chi connectivity index (χ4v) is 5.13. The van der Waals surface area contributed by atoms with Crippen molar-refractivity contribution < 1.29 is 19.4 Å². The molecule has 0 saturated heterocycles. The van der Waals surface area contributed by atoms with E-state index in [0.717, 1.165) is 37.8 Å². The maximum absolute atomic E-state index is 13.6. The topological polar surface area (TPSA) is 81.8 Å². The third-order valence-electron chi connectivity index (χ3n) is 5.36. The fraction of sp³-hybridized carbons (Fsp3) is 0.222. The van der Waals surface area contributed by atoms with Crippen molar-refractivity contribution in [2.75, 3.05) is 26.4 Å². The number of halogens is 1. The van der Waals surface area contributed by atoms with E-state index in [4.69, 9.17) is 15.2 Å². The Bertz CT molecular complexity index is 1250. The minimum Gasteiger partial charge on any atom is -0.508 e. The molecular weight excluding hydrogens is 514 g/mol. The number of ether oxygens (including phenoxy) is 2. The normalized spacial score (nSPS) is 11.1. The van der Waals surface area contributed by atoms with Gasteiger partial charge >= 0.3 is 0 Å². The zero-order valence-corrected chi connectivity index (χ0v) is 21.0. The largest absolute Gasteiger partial charge is 0.508 e. The van der Waals surface area contributed by atoms with Crippen LogP contribution in [-0.2, 0) is 4.74 Å². The van der Waals surface area contributed by atoms with E-state index in [9.17, 15) is 9.90 Å². The standard InChI is InChI=1S/C27H26BrNO4S/c28-20-7-3-19(4-8-20)27-25(23-12-9-21(30)17-24(23)34-27)26(31)18-5-10-22(11-6-18)33-16-15-32-14-2-1-13-29/h3-12,17,30H,1-2,13-16,29H2. The van der Waals surface area contributed by atoms with E-state index in [1.165, 1.54) is 11.3 Å². The van der Waals surface area contributed by atoms with Crippen LogP contribution >= 0.6 is 27.3 Å². The molecule has 0 aliphatic carbocycles. The van der Waals surface area contributed by atoms with Gasteiger partial charge in [-0.1, -0.05) is 28.1 Å². The summed E-state index contributed by atoms with van der Waals surface area (Å²) in [5, 5.41) is 10.8. The zero-order chi connectivity index (χ0) is 23.9. The summed E-state index contributed by atoms with van der Waals surface area (Å²) in [4.78, 5) is 14.5. The van der Waals surface area contributed by atoms with Crippen LogP contribution in [0.4, 0.5) is 0 Å². The number of hydrogen-bond acceptors (Lipinski definition) is 6. The van der Waals surface area contributed by atoms with Crippen LogP contribution in [0, 0.1) is 0 Å². The Labute approximate surface area is 211 Å². The van der Waals surface area contributed by atoms with Gasteiger partial charge in [0.15, 0.2) is 5.78 Å². The van der Waals surface area contributed by atoms with Gasteiger partial charge in [-0.25, -0.2) is 0 Å². The first kappa shape index (κ1) is 24.4. The van der Waals surface area contributed by atoms with Gasteiger partial charge in [-0.05, 0) is 79.5 Å². The SMILES string of the molecule is NCCCCOCCOc1ccc(C(=O)c2c(-c3ccc(Br)cc3)sc3cc(O)ccc23)cc1. The smallest absolute Gasteiger partial charge is 0.195 e. The molecule has 0 aliphatic heterocycles. The molecule has 176 valence electrons. The maximum atomic E-state index is 13.6. The van der Waals surface area contributed by atoms with Crippen LogP contribution in [0.15, 0.2) is 71.2 Å². The van der Waals surface area contributed by atoms with Gasteiger partial charge in [0.1, 0.15) is 18.1 Å². The number of carbonyl (C=O) groups excluding carboxylic acids is 1. The second kappa shape index (κ2) is 11.6. The van der Waals surface area contributed by atoms with Crippen molar-refractivity contribution in [2.24, 2.45) is 5.73 Å². The lowest BCUT2D eigenvalue weighted by Crippen LogP contribution is -2.09. The molecule has 0 unspecified atom stereocenters. The molecule has 0 fully saturated rings. The maximum Gasteiger partial charge on any atom is 0.195 e. The van der Waals surface area contributed by atoms with Crippen molar-refractivity contribution in [1.82, 2.24) is 0 Å². The Balaban J connectivity index is 1.53. The molecule has 0 bridgehead atoms. The first-order chi connectivity index (χ1) is 16.6.